The van der Waals surface area contributed by atoms with Crippen molar-refractivity contribution >= 4 is 28.1 Å². The number of carbonyl (C=O) groups is 1. The third-order valence-corrected chi connectivity index (χ3v) is 4.28. The van der Waals surface area contributed by atoms with Gasteiger partial charge in [0.15, 0.2) is 0 Å². The van der Waals surface area contributed by atoms with Crippen molar-refractivity contribution in [2.45, 2.75) is 6.61 Å². The fourth-order valence-corrected chi connectivity index (χ4v) is 2.56. The van der Waals surface area contributed by atoms with E-state index in [1.165, 1.54) is 6.21 Å². The number of hydrogen-bond acceptors (Lipinski definition) is 3. The maximum Gasteiger partial charge on any atom is 0.274 e. The highest BCUT2D eigenvalue weighted by Gasteiger charge is 2.11. The normalized spacial score (nSPS) is 10.8. The van der Waals surface area contributed by atoms with Crippen LogP contribution in [0.3, 0.4) is 0 Å². The van der Waals surface area contributed by atoms with Crippen molar-refractivity contribution in [1.29, 1.82) is 0 Å². The Labute approximate surface area is 169 Å². The van der Waals surface area contributed by atoms with Crippen molar-refractivity contribution in [3.05, 3.63) is 99.5 Å². The minimum atomic E-state index is -0.831. The zero-order valence-corrected chi connectivity index (χ0v) is 16.1. The van der Waals surface area contributed by atoms with Gasteiger partial charge in [0.25, 0.3) is 5.91 Å². The lowest BCUT2D eigenvalue weighted by atomic mass is 10.2. The SMILES string of the molecule is O=C(N/N=C\c1ccc(OCc2ccc(Br)cc2)cc1)c1cc(F)ccc1F. The van der Waals surface area contributed by atoms with Gasteiger partial charge in [-0.1, -0.05) is 28.1 Å². The van der Waals surface area contributed by atoms with Gasteiger partial charge in [-0.15, -0.1) is 0 Å². The summed E-state index contributed by atoms with van der Waals surface area (Å²) < 4.78 is 33.4. The lowest BCUT2D eigenvalue weighted by Crippen LogP contribution is -2.19. The molecule has 0 aliphatic heterocycles. The first-order valence-electron chi connectivity index (χ1n) is 8.27. The van der Waals surface area contributed by atoms with E-state index in [0.717, 1.165) is 28.2 Å². The van der Waals surface area contributed by atoms with Crippen LogP contribution in [0.15, 0.2) is 76.3 Å². The number of nitrogens with zero attached hydrogens (tertiary/aromatic N) is 1. The molecule has 0 aliphatic rings. The second kappa shape index (κ2) is 9.23. The molecule has 0 unspecified atom stereocenters. The Kier molecular flexibility index (Phi) is 6.49. The molecule has 0 bridgehead atoms. The lowest BCUT2D eigenvalue weighted by Gasteiger charge is -2.06. The van der Waals surface area contributed by atoms with Crippen LogP contribution in [-0.2, 0) is 6.61 Å². The number of ether oxygens (including phenoxy) is 1. The predicted molar refractivity (Wildman–Crippen MR) is 106 cm³/mol. The molecular formula is C21H15BrF2N2O2. The van der Waals surface area contributed by atoms with E-state index in [2.05, 4.69) is 26.5 Å². The highest BCUT2D eigenvalue weighted by Crippen LogP contribution is 2.15. The van der Waals surface area contributed by atoms with Gasteiger partial charge in [-0.25, -0.2) is 14.2 Å². The van der Waals surface area contributed by atoms with Gasteiger partial charge in [-0.05, 0) is 65.7 Å². The summed E-state index contributed by atoms with van der Waals surface area (Å²) in [7, 11) is 0. The molecule has 1 amide bonds. The van der Waals surface area contributed by atoms with Crippen LogP contribution >= 0.6 is 15.9 Å². The number of benzene rings is 3. The Bertz CT molecular complexity index is 990. The summed E-state index contributed by atoms with van der Waals surface area (Å²) in [4.78, 5) is 11.8. The molecule has 1 N–H and O–H groups in total. The fourth-order valence-electron chi connectivity index (χ4n) is 2.29. The molecule has 7 heteroatoms. The lowest BCUT2D eigenvalue weighted by molar-refractivity contribution is 0.0950. The largest absolute Gasteiger partial charge is 0.489 e. The van der Waals surface area contributed by atoms with E-state index in [1.807, 2.05) is 24.3 Å². The molecule has 3 rings (SSSR count). The Morgan fingerprint density at radius 2 is 1.75 bits per heavy atom. The molecule has 0 aromatic heterocycles. The van der Waals surface area contributed by atoms with Crippen molar-refractivity contribution in [2.24, 2.45) is 5.10 Å². The predicted octanol–water partition coefficient (Wildman–Crippen LogP) is 5.07. The highest BCUT2D eigenvalue weighted by atomic mass is 79.9. The standard InChI is InChI=1S/C21H15BrF2N2O2/c22-16-5-1-15(2-6-16)13-28-18-8-3-14(4-9-18)12-25-26-21(27)19-11-17(23)7-10-20(19)24/h1-12H,13H2,(H,26,27)/b25-12-. The van der Waals surface area contributed by atoms with E-state index >= 15 is 0 Å². The van der Waals surface area contributed by atoms with E-state index in [-0.39, 0.29) is 0 Å². The van der Waals surface area contributed by atoms with Crippen molar-refractivity contribution in [3.8, 4) is 5.75 Å². The Morgan fingerprint density at radius 3 is 2.46 bits per heavy atom. The summed E-state index contributed by atoms with van der Waals surface area (Å²) >= 11 is 3.38. The van der Waals surface area contributed by atoms with Crippen LogP contribution < -0.4 is 10.2 Å². The van der Waals surface area contributed by atoms with E-state index in [4.69, 9.17) is 4.74 Å². The van der Waals surface area contributed by atoms with Gasteiger partial charge < -0.3 is 4.74 Å². The van der Waals surface area contributed by atoms with Gasteiger partial charge in [0, 0.05) is 4.47 Å². The smallest absolute Gasteiger partial charge is 0.274 e. The van der Waals surface area contributed by atoms with E-state index < -0.39 is 23.1 Å². The topological polar surface area (TPSA) is 50.7 Å². The molecule has 0 spiro atoms. The van der Waals surface area contributed by atoms with Crippen LogP contribution in [0.2, 0.25) is 0 Å². The summed E-state index contributed by atoms with van der Waals surface area (Å²) in [6.45, 7) is 0.440. The zero-order chi connectivity index (χ0) is 19.9. The molecule has 3 aromatic carbocycles. The van der Waals surface area contributed by atoms with E-state index in [0.29, 0.717) is 17.9 Å². The summed E-state index contributed by atoms with van der Waals surface area (Å²) in [6.07, 6.45) is 1.40. The van der Waals surface area contributed by atoms with Crippen molar-refractivity contribution in [2.75, 3.05) is 0 Å². The molecule has 0 aliphatic carbocycles. The minimum absolute atomic E-state index is 0.408. The summed E-state index contributed by atoms with van der Waals surface area (Å²) in [6, 6.07) is 17.5. The summed E-state index contributed by atoms with van der Waals surface area (Å²) in [5.74, 6) is -1.66. The van der Waals surface area contributed by atoms with Gasteiger partial charge in [0.2, 0.25) is 0 Å². The molecule has 0 saturated heterocycles. The Morgan fingerprint density at radius 1 is 1.04 bits per heavy atom. The van der Waals surface area contributed by atoms with Crippen molar-refractivity contribution in [1.82, 2.24) is 5.43 Å². The third-order valence-electron chi connectivity index (χ3n) is 3.75. The molecule has 4 nitrogen and oxygen atoms in total. The number of carbonyl (C=O) groups excluding carboxylic acids is 1. The average molecular weight is 445 g/mol. The first-order chi connectivity index (χ1) is 13.5. The number of nitrogens with one attached hydrogen (secondary N) is 1. The zero-order valence-electron chi connectivity index (χ0n) is 14.5. The molecule has 0 heterocycles. The molecular weight excluding hydrogens is 430 g/mol. The minimum Gasteiger partial charge on any atom is -0.489 e. The van der Waals surface area contributed by atoms with Crippen LogP contribution in [0.1, 0.15) is 21.5 Å². The van der Waals surface area contributed by atoms with Gasteiger partial charge >= 0.3 is 0 Å². The second-order valence-electron chi connectivity index (χ2n) is 5.81. The number of hydrazone groups is 1. The number of halogens is 3. The maximum atomic E-state index is 13.5. The number of hydrogen-bond donors (Lipinski definition) is 1. The average Bonchev–Trinajstić information content (AvgIpc) is 2.70. The summed E-state index contributed by atoms with van der Waals surface area (Å²) in [5, 5.41) is 3.76. The number of rotatable bonds is 6. The molecule has 0 atom stereocenters. The Hall–Kier alpha value is -3.06. The molecule has 28 heavy (non-hydrogen) atoms. The number of amides is 1. The molecule has 0 fully saturated rings. The molecule has 3 aromatic rings. The monoisotopic (exact) mass is 444 g/mol. The van der Waals surface area contributed by atoms with Gasteiger partial charge in [-0.3, -0.25) is 4.79 Å². The van der Waals surface area contributed by atoms with Crippen LogP contribution in [0.5, 0.6) is 5.75 Å². The molecule has 0 radical (unpaired) electrons. The van der Waals surface area contributed by atoms with Gasteiger partial charge in [0.05, 0.1) is 11.8 Å². The quantitative estimate of drug-likeness (QED) is 0.426. The van der Waals surface area contributed by atoms with Gasteiger partial charge in [-0.2, -0.15) is 5.10 Å². The Balaban J connectivity index is 1.54. The highest BCUT2D eigenvalue weighted by molar-refractivity contribution is 9.10. The van der Waals surface area contributed by atoms with Crippen molar-refractivity contribution in [3.63, 3.8) is 0 Å². The van der Waals surface area contributed by atoms with Crippen LogP contribution in [0.4, 0.5) is 8.78 Å². The van der Waals surface area contributed by atoms with Crippen LogP contribution in [0.25, 0.3) is 0 Å². The second-order valence-corrected chi connectivity index (χ2v) is 6.72. The van der Waals surface area contributed by atoms with E-state index in [9.17, 15) is 13.6 Å². The maximum absolute atomic E-state index is 13.5. The summed E-state index contributed by atoms with van der Waals surface area (Å²) in [5.41, 5.74) is 3.51. The first-order valence-corrected chi connectivity index (χ1v) is 9.06. The van der Waals surface area contributed by atoms with Crippen LogP contribution in [-0.4, -0.2) is 12.1 Å². The first kappa shape index (κ1) is 19.7. The third kappa shape index (κ3) is 5.47. The fraction of sp³-hybridized carbons (Fsp3) is 0.0476. The van der Waals surface area contributed by atoms with Crippen LogP contribution in [0, 0.1) is 11.6 Å². The molecule has 0 saturated carbocycles. The van der Waals surface area contributed by atoms with Crippen molar-refractivity contribution < 1.29 is 18.3 Å². The molecule has 142 valence electrons. The van der Waals surface area contributed by atoms with E-state index in [1.54, 1.807) is 24.3 Å². The van der Waals surface area contributed by atoms with Gasteiger partial charge in [0.1, 0.15) is 24.0 Å².